The Morgan fingerprint density at radius 3 is 2.16 bits per heavy atom. The van der Waals surface area contributed by atoms with Crippen molar-refractivity contribution in [3.63, 3.8) is 0 Å². The molecule has 0 spiro atoms. The predicted molar refractivity (Wildman–Crippen MR) is 159 cm³/mol. The minimum Gasteiger partial charge on any atom is -0.481 e. The number of hydrogen-bond donors (Lipinski definition) is 2. The summed E-state index contributed by atoms with van der Waals surface area (Å²) in [7, 11) is -1.26. The minimum atomic E-state index is -3.99. The Kier molecular flexibility index (Phi) is 8.53. The first-order chi connectivity index (χ1) is 20.7. The van der Waals surface area contributed by atoms with Gasteiger partial charge in [-0.05, 0) is 54.6 Å². The third-order valence-electron chi connectivity index (χ3n) is 6.90. The van der Waals surface area contributed by atoms with Gasteiger partial charge in [0.2, 0.25) is 11.8 Å². The van der Waals surface area contributed by atoms with Gasteiger partial charge >= 0.3 is 6.01 Å². The highest BCUT2D eigenvalue weighted by Gasteiger charge is 2.32. The molecule has 0 saturated heterocycles. The molecule has 13 heteroatoms. The zero-order valence-corrected chi connectivity index (χ0v) is 24.3. The van der Waals surface area contributed by atoms with Crippen molar-refractivity contribution in [2.75, 3.05) is 30.8 Å². The van der Waals surface area contributed by atoms with Crippen LogP contribution in [0.1, 0.15) is 46.4 Å². The predicted octanol–water partition coefficient (Wildman–Crippen LogP) is 4.24. The minimum absolute atomic E-state index is 0.0303. The Morgan fingerprint density at radius 2 is 1.53 bits per heavy atom. The monoisotopic (exact) mass is 603 g/mol. The number of rotatable bonds is 12. The van der Waals surface area contributed by atoms with Crippen LogP contribution in [0, 0.1) is 0 Å². The van der Waals surface area contributed by atoms with Crippen molar-refractivity contribution in [1.29, 1.82) is 0 Å². The Balaban J connectivity index is 1.09. The summed E-state index contributed by atoms with van der Waals surface area (Å²) < 4.78 is 38.0. The zero-order valence-electron chi connectivity index (χ0n) is 23.5. The third-order valence-corrected chi connectivity index (χ3v) is 8.27. The molecular weight excluding hydrogens is 574 g/mol. The summed E-state index contributed by atoms with van der Waals surface area (Å²) in [4.78, 5) is 47.6. The number of sulfonamides is 1. The zero-order chi connectivity index (χ0) is 30.6. The largest absolute Gasteiger partial charge is 0.481 e. The maximum atomic E-state index is 13.0. The normalized spacial score (nSPS) is 12.7. The molecule has 0 atom stereocenters. The van der Waals surface area contributed by atoms with Crippen LogP contribution in [0.3, 0.4) is 0 Å². The Hall–Kier alpha value is -5.04. The van der Waals surface area contributed by atoms with E-state index in [-0.39, 0.29) is 53.3 Å². The van der Waals surface area contributed by atoms with Crippen molar-refractivity contribution < 1.29 is 32.3 Å². The number of aromatic nitrogens is 2. The van der Waals surface area contributed by atoms with E-state index in [0.29, 0.717) is 41.5 Å². The summed E-state index contributed by atoms with van der Waals surface area (Å²) in [5.41, 5.74) is 1.49. The van der Waals surface area contributed by atoms with Crippen LogP contribution in [0.2, 0.25) is 0 Å². The van der Waals surface area contributed by atoms with Gasteiger partial charge in [0.1, 0.15) is 0 Å². The lowest BCUT2D eigenvalue weighted by Gasteiger charge is -2.27. The fourth-order valence-electron chi connectivity index (χ4n) is 4.81. The van der Waals surface area contributed by atoms with Gasteiger partial charge in [-0.15, -0.1) is 0 Å². The maximum absolute atomic E-state index is 13.0. The number of carbonyl (C=O) groups excluding carboxylic acids is 3. The van der Waals surface area contributed by atoms with E-state index in [0.717, 1.165) is 5.39 Å². The molecule has 0 unspecified atom stereocenters. The van der Waals surface area contributed by atoms with Crippen LogP contribution in [0.5, 0.6) is 11.9 Å². The number of carbonyl (C=O) groups is 3. The van der Waals surface area contributed by atoms with Gasteiger partial charge in [0.05, 0.1) is 19.1 Å². The summed E-state index contributed by atoms with van der Waals surface area (Å²) in [6.45, 7) is 0.266. The van der Waals surface area contributed by atoms with E-state index in [2.05, 4.69) is 20.0 Å². The molecule has 0 saturated carbocycles. The molecule has 3 aromatic carbocycles. The lowest BCUT2D eigenvalue weighted by molar-refractivity contribution is -0.116. The standard InChI is InChI=1S/C30H29N5O7S/c1-41-26-18-24(32-30(33-26)42-2)34-43(39,40)21-15-13-20(14-16-21)31-25(36)12-4-3-5-17-35-28(37)22-10-6-8-19-9-7-11-23(27(19)22)29(35)38/h6-11,13-16,18H,3-5,12,17H2,1-2H3,(H,31,36)(H,32,33,34). The highest BCUT2D eigenvalue weighted by atomic mass is 32.2. The number of nitrogens with zero attached hydrogens (tertiary/aromatic N) is 3. The lowest BCUT2D eigenvalue weighted by Crippen LogP contribution is -2.40. The highest BCUT2D eigenvalue weighted by Crippen LogP contribution is 2.30. The average molecular weight is 604 g/mol. The van der Waals surface area contributed by atoms with Crippen molar-refractivity contribution in [2.24, 2.45) is 0 Å². The third kappa shape index (κ3) is 6.41. The SMILES string of the molecule is COc1cc(NS(=O)(=O)c2ccc(NC(=O)CCCCCN3C(=O)c4cccc5cccc(c45)C3=O)cc2)nc(OC)n1. The molecule has 2 N–H and O–H groups in total. The maximum Gasteiger partial charge on any atom is 0.321 e. The number of ether oxygens (including phenoxy) is 2. The first-order valence-electron chi connectivity index (χ1n) is 13.5. The van der Waals surface area contributed by atoms with E-state index in [1.54, 1.807) is 12.1 Å². The molecule has 1 aliphatic heterocycles. The van der Waals surface area contributed by atoms with Crippen LogP contribution in [0.15, 0.2) is 71.6 Å². The molecule has 3 amide bonds. The highest BCUT2D eigenvalue weighted by molar-refractivity contribution is 7.92. The summed E-state index contributed by atoms with van der Waals surface area (Å²) in [5.74, 6) is -0.745. The van der Waals surface area contributed by atoms with Crippen LogP contribution in [0.4, 0.5) is 11.5 Å². The molecule has 0 radical (unpaired) electrons. The van der Waals surface area contributed by atoms with Gasteiger partial charge in [-0.3, -0.25) is 24.0 Å². The fraction of sp³-hybridized carbons (Fsp3) is 0.233. The topological polar surface area (TPSA) is 157 Å². The second-order valence-corrected chi connectivity index (χ2v) is 11.4. The molecule has 2 heterocycles. The van der Waals surface area contributed by atoms with Crippen LogP contribution in [0.25, 0.3) is 10.8 Å². The van der Waals surface area contributed by atoms with Crippen LogP contribution in [-0.4, -0.2) is 61.8 Å². The van der Waals surface area contributed by atoms with Crippen molar-refractivity contribution in [3.05, 3.63) is 77.9 Å². The molecule has 5 rings (SSSR count). The molecule has 43 heavy (non-hydrogen) atoms. The van der Waals surface area contributed by atoms with Gasteiger partial charge in [0.15, 0.2) is 5.82 Å². The van der Waals surface area contributed by atoms with Crippen LogP contribution >= 0.6 is 0 Å². The number of methoxy groups -OCH3 is 2. The second-order valence-electron chi connectivity index (χ2n) is 9.74. The number of nitrogens with one attached hydrogen (secondary N) is 2. The number of imide groups is 1. The molecule has 0 fully saturated rings. The molecule has 222 valence electrons. The van der Waals surface area contributed by atoms with E-state index in [9.17, 15) is 22.8 Å². The smallest absolute Gasteiger partial charge is 0.321 e. The summed E-state index contributed by atoms with van der Waals surface area (Å²) >= 11 is 0. The molecule has 0 aliphatic carbocycles. The van der Waals surface area contributed by atoms with Gasteiger partial charge in [0, 0.05) is 41.2 Å². The Bertz CT molecular complexity index is 1740. The molecular formula is C30H29N5O7S. The Morgan fingerprint density at radius 1 is 0.860 bits per heavy atom. The van der Waals surface area contributed by atoms with Gasteiger partial charge < -0.3 is 14.8 Å². The number of anilines is 2. The first kappa shape index (κ1) is 29.5. The fourth-order valence-corrected chi connectivity index (χ4v) is 5.80. The van der Waals surface area contributed by atoms with Gasteiger partial charge in [0.25, 0.3) is 21.8 Å². The van der Waals surface area contributed by atoms with E-state index in [1.807, 2.05) is 24.3 Å². The van der Waals surface area contributed by atoms with E-state index in [1.165, 1.54) is 49.5 Å². The summed E-state index contributed by atoms with van der Waals surface area (Å²) in [5, 5.41) is 4.31. The molecule has 1 aromatic heterocycles. The van der Waals surface area contributed by atoms with Crippen molar-refractivity contribution >= 4 is 50.0 Å². The Labute approximate surface area is 248 Å². The summed E-state index contributed by atoms with van der Waals surface area (Å²) in [6.07, 6.45) is 1.98. The number of amides is 3. The van der Waals surface area contributed by atoms with E-state index >= 15 is 0 Å². The molecule has 12 nitrogen and oxygen atoms in total. The van der Waals surface area contributed by atoms with Crippen molar-refractivity contribution in [1.82, 2.24) is 14.9 Å². The van der Waals surface area contributed by atoms with Crippen molar-refractivity contribution in [3.8, 4) is 11.9 Å². The molecule has 4 aromatic rings. The first-order valence-corrected chi connectivity index (χ1v) is 15.0. The molecule has 1 aliphatic rings. The van der Waals surface area contributed by atoms with E-state index < -0.39 is 10.0 Å². The quantitative estimate of drug-likeness (QED) is 0.179. The van der Waals surface area contributed by atoms with E-state index in [4.69, 9.17) is 9.47 Å². The van der Waals surface area contributed by atoms with Gasteiger partial charge in [-0.1, -0.05) is 30.7 Å². The lowest BCUT2D eigenvalue weighted by atomic mass is 9.94. The number of benzene rings is 3. The number of hydrogen-bond acceptors (Lipinski definition) is 9. The van der Waals surface area contributed by atoms with Crippen LogP contribution in [-0.2, 0) is 14.8 Å². The van der Waals surface area contributed by atoms with Crippen molar-refractivity contribution in [2.45, 2.75) is 30.6 Å². The van der Waals surface area contributed by atoms with Gasteiger partial charge in [-0.2, -0.15) is 9.97 Å². The second kappa shape index (κ2) is 12.4. The average Bonchev–Trinajstić information content (AvgIpc) is 3.00. The van der Waals surface area contributed by atoms with Crippen LogP contribution < -0.4 is 19.5 Å². The van der Waals surface area contributed by atoms with Gasteiger partial charge in [-0.25, -0.2) is 8.42 Å². The summed E-state index contributed by atoms with van der Waals surface area (Å²) in [6, 6.07) is 17.8. The molecule has 0 bridgehead atoms. The number of unbranched alkanes of at least 4 members (excludes halogenated alkanes) is 2.